The van der Waals surface area contributed by atoms with Crippen molar-refractivity contribution < 1.29 is 28.6 Å². The molecule has 0 N–H and O–H groups in total. The van der Waals surface area contributed by atoms with Crippen molar-refractivity contribution in [2.75, 3.05) is 27.3 Å². The first kappa shape index (κ1) is 35.7. The number of ketones is 1. The predicted molar refractivity (Wildman–Crippen MR) is 165 cm³/mol. The van der Waals surface area contributed by atoms with Gasteiger partial charge in [-0.1, -0.05) is 57.5 Å². The van der Waals surface area contributed by atoms with Crippen LogP contribution in [0, 0.1) is 24.7 Å². The lowest BCUT2D eigenvalue weighted by atomic mass is 9.80. The zero-order valence-corrected chi connectivity index (χ0v) is 30.2. The molecule has 1 aromatic rings. The van der Waals surface area contributed by atoms with Gasteiger partial charge in [0, 0.05) is 4.47 Å². The second-order valence-corrected chi connectivity index (χ2v) is 16.4. The lowest BCUT2D eigenvalue weighted by molar-refractivity contribution is -0.167. The van der Waals surface area contributed by atoms with E-state index in [0.29, 0.717) is 29.7 Å². The van der Waals surface area contributed by atoms with Crippen LogP contribution in [0.2, 0.25) is 0 Å². The lowest BCUT2D eigenvalue weighted by Gasteiger charge is -2.40. The Hall–Kier alpha value is -1.54. The number of aryl methyl sites for hydroxylation is 1. The smallest absolute Gasteiger partial charge is 0.325 e. The molecule has 41 heavy (non-hydrogen) atoms. The van der Waals surface area contributed by atoms with Gasteiger partial charge in [-0.25, -0.2) is 0 Å². The van der Waals surface area contributed by atoms with Gasteiger partial charge in [0.1, 0.15) is 50.8 Å². The van der Waals surface area contributed by atoms with Gasteiger partial charge >= 0.3 is 11.9 Å². The average molecular weight is 666 g/mol. The molecule has 1 heterocycles. The number of halogens is 1. The van der Waals surface area contributed by atoms with Gasteiger partial charge in [-0.05, 0) is 82.7 Å². The van der Waals surface area contributed by atoms with E-state index in [1.54, 1.807) is 43.1 Å². The summed E-state index contributed by atoms with van der Waals surface area (Å²) in [7, 11) is 10.5. The summed E-state index contributed by atoms with van der Waals surface area (Å²) in [5.74, 6) is -1.10. The Morgan fingerprint density at radius 3 is 1.61 bits per heavy atom. The summed E-state index contributed by atoms with van der Waals surface area (Å²) >= 11 is 3.56. The number of carbonyl (C=O) groups excluding carboxylic acids is 3. The quantitative estimate of drug-likeness (QED) is 0.258. The number of hydrogen-bond donors (Lipinski definition) is 0. The van der Waals surface area contributed by atoms with Gasteiger partial charge in [-0.3, -0.25) is 14.4 Å². The number of likely N-dealkylation sites (N-methyl/N-ethyl adjacent to an activating group) is 2. The van der Waals surface area contributed by atoms with E-state index in [9.17, 15) is 14.4 Å². The molecule has 0 fully saturated rings. The molecule has 6 radical (unpaired) electrons. The maximum atomic E-state index is 14.1. The Morgan fingerprint density at radius 1 is 0.878 bits per heavy atom. The Morgan fingerprint density at radius 2 is 1.27 bits per heavy atom. The van der Waals surface area contributed by atoms with Crippen molar-refractivity contribution in [1.29, 1.82) is 0 Å². The topological polar surface area (TPSA) is 85.4 Å². The van der Waals surface area contributed by atoms with Crippen LogP contribution < -0.4 is 4.74 Å². The van der Waals surface area contributed by atoms with Crippen LogP contribution in [-0.4, -0.2) is 91.6 Å². The number of hydrogen-bond acceptors (Lipinski definition) is 8. The molecule has 0 saturated heterocycles. The number of Topliss-reactive ketones (excluding diaryl/α,β-unsaturated/α-hetero) is 1. The fraction of sp³-hybridized carbons (Fsp3) is 0.700. The average Bonchev–Trinajstić information content (AvgIpc) is 3.08. The summed E-state index contributed by atoms with van der Waals surface area (Å²) in [5.41, 5.74) is -2.25. The lowest BCUT2D eigenvalue weighted by Crippen LogP contribution is -2.57. The molecule has 0 bridgehead atoms. The van der Waals surface area contributed by atoms with E-state index in [1.807, 2.05) is 55.4 Å². The van der Waals surface area contributed by atoms with Crippen LogP contribution in [0.4, 0.5) is 0 Å². The second-order valence-electron chi connectivity index (χ2n) is 14.2. The highest BCUT2D eigenvalue weighted by molar-refractivity contribution is 9.10. The highest BCUT2D eigenvalue weighted by atomic mass is 79.9. The number of fused-ring (bicyclic) bond motifs is 1. The zero-order valence-electron chi connectivity index (χ0n) is 26.6. The summed E-state index contributed by atoms with van der Waals surface area (Å²) in [5, 5.41) is 0. The summed E-state index contributed by atoms with van der Waals surface area (Å²) in [6, 6.07) is 1.76. The van der Waals surface area contributed by atoms with Crippen LogP contribution in [0.25, 0.3) is 0 Å². The molecule has 8 nitrogen and oxygen atoms in total. The molecule has 226 valence electrons. The molecule has 0 amide bonds. The SMILES string of the molecule is Cc1cc2c(c(C)c1Br)C(=O)C(COC(=O)C(C)(CC(C)(C)C)N(C)[Si])(COC(=O)C(C)(CC(C)(C)C)N(C)[Si])O2. The van der Waals surface area contributed by atoms with Crippen LogP contribution >= 0.6 is 15.9 Å². The van der Waals surface area contributed by atoms with Crippen LogP contribution in [-0.2, 0) is 19.1 Å². The fourth-order valence-corrected chi connectivity index (χ4v) is 6.05. The second kappa shape index (κ2) is 12.2. The van der Waals surface area contributed by atoms with E-state index < -0.39 is 47.6 Å². The van der Waals surface area contributed by atoms with Crippen molar-refractivity contribution in [3.8, 4) is 5.75 Å². The molecule has 2 unspecified atom stereocenters. The maximum absolute atomic E-state index is 14.1. The highest BCUT2D eigenvalue weighted by Gasteiger charge is 2.54. The van der Waals surface area contributed by atoms with E-state index in [2.05, 4.69) is 36.7 Å². The summed E-state index contributed by atoms with van der Waals surface area (Å²) in [6.45, 7) is 18.6. The molecular formula is C30H45BrN2O6Si2. The van der Waals surface area contributed by atoms with Gasteiger partial charge in [0.25, 0.3) is 0 Å². The first-order valence-corrected chi connectivity index (χ1v) is 15.4. The van der Waals surface area contributed by atoms with E-state index in [1.165, 1.54) is 0 Å². The molecule has 1 aliphatic rings. The molecule has 2 atom stereocenters. The number of rotatable bonds is 10. The van der Waals surface area contributed by atoms with E-state index >= 15 is 0 Å². The first-order chi connectivity index (χ1) is 18.4. The van der Waals surface area contributed by atoms with Crippen LogP contribution in [0.1, 0.15) is 89.7 Å². The van der Waals surface area contributed by atoms with Crippen molar-refractivity contribution >= 4 is 54.5 Å². The van der Waals surface area contributed by atoms with Crippen molar-refractivity contribution in [2.24, 2.45) is 10.8 Å². The van der Waals surface area contributed by atoms with Gasteiger partial charge in [0.05, 0.1) is 5.56 Å². The minimum Gasteiger partial charge on any atom is -0.471 e. The molecular weight excluding hydrogens is 620 g/mol. The van der Waals surface area contributed by atoms with Crippen molar-refractivity contribution in [3.05, 3.63) is 27.2 Å². The Kier molecular flexibility index (Phi) is 10.6. The van der Waals surface area contributed by atoms with Gasteiger partial charge in [0.15, 0.2) is 0 Å². The third-order valence-electron chi connectivity index (χ3n) is 7.57. The monoisotopic (exact) mass is 664 g/mol. The van der Waals surface area contributed by atoms with Crippen molar-refractivity contribution in [1.82, 2.24) is 9.13 Å². The number of carbonyl (C=O) groups is 3. The standard InChI is InChI=1S/C30H45BrN2O6Si2/c1-18-13-20-21(19(2)22(18)31)23(34)30(39-20,16-37-24(35)28(9,32(11)40)14-26(3,4)5)17-38-25(36)29(10,33(12)41)15-27(6,7)8/h13H,14-17H2,1-12H3. The molecule has 1 aromatic carbocycles. The number of nitrogens with zero attached hydrogens (tertiary/aromatic N) is 2. The van der Waals surface area contributed by atoms with Crippen LogP contribution in [0.3, 0.4) is 0 Å². The molecule has 11 heteroatoms. The normalized spacial score (nSPS) is 20.4. The zero-order chi connectivity index (χ0) is 31.9. The van der Waals surface area contributed by atoms with Crippen LogP contribution in [0.5, 0.6) is 5.75 Å². The highest BCUT2D eigenvalue weighted by Crippen LogP contribution is 2.42. The van der Waals surface area contributed by atoms with E-state index in [0.717, 1.165) is 10.0 Å². The van der Waals surface area contributed by atoms with E-state index in [-0.39, 0.29) is 10.8 Å². The number of esters is 2. The predicted octanol–water partition coefficient (Wildman–Crippen LogP) is 4.89. The number of ether oxygens (including phenoxy) is 3. The van der Waals surface area contributed by atoms with Crippen molar-refractivity contribution in [2.45, 2.75) is 98.8 Å². The molecule has 2 rings (SSSR count). The first-order valence-electron chi connectivity index (χ1n) is 13.7. The largest absolute Gasteiger partial charge is 0.471 e. The summed E-state index contributed by atoms with van der Waals surface area (Å²) < 4.78 is 22.1. The van der Waals surface area contributed by atoms with Gasteiger partial charge in [0.2, 0.25) is 11.4 Å². The third-order valence-corrected chi connectivity index (χ3v) is 9.78. The minimum absolute atomic E-state index is 0.197. The molecule has 0 spiro atoms. The van der Waals surface area contributed by atoms with Crippen molar-refractivity contribution in [3.63, 3.8) is 0 Å². The minimum atomic E-state index is -1.74. The van der Waals surface area contributed by atoms with Gasteiger partial charge in [-0.15, -0.1) is 0 Å². The summed E-state index contributed by atoms with van der Waals surface area (Å²) in [4.78, 5) is 41.3. The number of benzene rings is 1. The molecule has 1 aliphatic heterocycles. The summed E-state index contributed by atoms with van der Waals surface area (Å²) in [6.07, 6.45) is 0.952. The van der Waals surface area contributed by atoms with Gasteiger partial charge < -0.3 is 23.3 Å². The van der Waals surface area contributed by atoms with Crippen LogP contribution in [0.15, 0.2) is 10.5 Å². The Balaban J connectivity index is 2.49. The third kappa shape index (κ3) is 7.71. The maximum Gasteiger partial charge on any atom is 0.325 e. The Bertz CT molecular complexity index is 1140. The molecule has 0 aromatic heterocycles. The van der Waals surface area contributed by atoms with E-state index in [4.69, 9.17) is 14.2 Å². The Labute approximate surface area is 261 Å². The van der Waals surface area contributed by atoms with Gasteiger partial charge in [-0.2, -0.15) is 0 Å². The molecule has 0 aliphatic carbocycles. The molecule has 0 saturated carbocycles. The fourth-order valence-electron chi connectivity index (χ4n) is 5.40.